The van der Waals surface area contributed by atoms with Gasteiger partial charge >= 0.3 is 0 Å². The Hall–Kier alpha value is -3.42. The van der Waals surface area contributed by atoms with E-state index < -0.39 is 11.9 Å². The smallest absolute Gasteiger partial charge is 0.253 e. The molecule has 1 heterocycles. The molecule has 0 bridgehead atoms. The third kappa shape index (κ3) is 6.34. The minimum atomic E-state index is -0.726. The number of piperidine rings is 1. The molecule has 3 amide bonds. The molecule has 1 fully saturated rings. The van der Waals surface area contributed by atoms with Crippen molar-refractivity contribution in [3.05, 3.63) is 65.5 Å². The highest BCUT2D eigenvalue weighted by Crippen LogP contribution is 2.23. The quantitative estimate of drug-likeness (QED) is 0.620. The van der Waals surface area contributed by atoms with Crippen LogP contribution in [0.5, 0.6) is 5.75 Å². The Kier molecular flexibility index (Phi) is 8.62. The number of carbonyl (C=O) groups is 3. The topological polar surface area (TPSA) is 87.7 Å². The van der Waals surface area contributed by atoms with Crippen molar-refractivity contribution < 1.29 is 23.5 Å². The van der Waals surface area contributed by atoms with Crippen LogP contribution in [-0.2, 0) is 4.79 Å². The molecule has 0 spiro atoms. The summed E-state index contributed by atoms with van der Waals surface area (Å²) < 4.78 is 18.4. The summed E-state index contributed by atoms with van der Waals surface area (Å²) in [7, 11) is 1.53. The molecule has 2 aromatic rings. The van der Waals surface area contributed by atoms with Crippen molar-refractivity contribution in [3.63, 3.8) is 0 Å². The molecule has 1 aliphatic rings. The molecule has 1 aliphatic heterocycles. The molecule has 0 unspecified atom stereocenters. The summed E-state index contributed by atoms with van der Waals surface area (Å²) in [6.45, 7) is 4.79. The zero-order valence-electron chi connectivity index (χ0n) is 19.8. The number of nitrogens with one attached hydrogen (secondary N) is 2. The van der Waals surface area contributed by atoms with Crippen molar-refractivity contribution in [1.29, 1.82) is 0 Å². The number of likely N-dealkylation sites (tertiary alicyclic amines) is 1. The zero-order chi connectivity index (χ0) is 24.7. The lowest BCUT2D eigenvalue weighted by atomic mass is 9.88. The number of carbonyl (C=O) groups excluding carboxylic acids is 3. The van der Waals surface area contributed by atoms with Crippen LogP contribution in [0.3, 0.4) is 0 Å². The van der Waals surface area contributed by atoms with Gasteiger partial charge in [0.05, 0.1) is 7.11 Å². The second-order valence-corrected chi connectivity index (χ2v) is 8.64. The fourth-order valence-electron chi connectivity index (χ4n) is 4.03. The van der Waals surface area contributed by atoms with E-state index >= 15 is 0 Å². The molecule has 34 heavy (non-hydrogen) atoms. The van der Waals surface area contributed by atoms with Crippen molar-refractivity contribution in [2.75, 3.05) is 20.2 Å². The second-order valence-electron chi connectivity index (χ2n) is 8.64. The average molecular weight is 470 g/mol. The van der Waals surface area contributed by atoms with Gasteiger partial charge in [-0.3, -0.25) is 14.4 Å². The monoisotopic (exact) mass is 469 g/mol. The van der Waals surface area contributed by atoms with Crippen molar-refractivity contribution in [2.24, 2.45) is 5.92 Å². The standard InChI is InChI=1S/C26H32FN3O4/c1-4-17(2)28-25(32)23(29-24(31)20-6-5-7-22(16-20)34-3)18-12-14-30(15-13-18)26(33)19-8-10-21(27)11-9-19/h5-11,16-18,23H,4,12-15H2,1-3H3,(H,28,32)(H,29,31)/t17-,23-/m1/s1. The number of halogens is 1. The predicted octanol–water partition coefficient (Wildman–Crippen LogP) is 3.40. The highest BCUT2D eigenvalue weighted by Gasteiger charge is 2.34. The Morgan fingerprint density at radius 1 is 1.06 bits per heavy atom. The Labute approximate surface area is 199 Å². The molecule has 182 valence electrons. The SMILES string of the molecule is CC[C@@H](C)NC(=O)[C@H](NC(=O)c1cccc(OC)c1)C1CCN(C(=O)c2ccc(F)cc2)CC1. The number of methoxy groups -OCH3 is 1. The Balaban J connectivity index is 1.70. The van der Waals surface area contributed by atoms with Crippen LogP contribution in [0.4, 0.5) is 4.39 Å². The van der Waals surface area contributed by atoms with Gasteiger partial charge in [0.2, 0.25) is 5.91 Å². The lowest BCUT2D eigenvalue weighted by molar-refractivity contribution is -0.125. The number of nitrogens with zero attached hydrogens (tertiary/aromatic N) is 1. The maximum Gasteiger partial charge on any atom is 0.253 e. The third-order valence-electron chi connectivity index (χ3n) is 6.29. The van der Waals surface area contributed by atoms with Gasteiger partial charge in [0.25, 0.3) is 11.8 Å². The van der Waals surface area contributed by atoms with Crippen LogP contribution in [0.15, 0.2) is 48.5 Å². The highest BCUT2D eigenvalue weighted by atomic mass is 19.1. The summed E-state index contributed by atoms with van der Waals surface area (Å²) in [5.41, 5.74) is 0.835. The molecule has 0 radical (unpaired) electrons. The lowest BCUT2D eigenvalue weighted by Crippen LogP contribution is -2.55. The molecule has 2 atom stereocenters. The number of ether oxygens (including phenoxy) is 1. The highest BCUT2D eigenvalue weighted by molar-refractivity contribution is 5.98. The van der Waals surface area contributed by atoms with Gasteiger partial charge in [0, 0.05) is 30.3 Å². The number of hydrogen-bond acceptors (Lipinski definition) is 4. The van der Waals surface area contributed by atoms with E-state index in [2.05, 4.69) is 10.6 Å². The number of benzene rings is 2. The largest absolute Gasteiger partial charge is 0.497 e. The normalized spacial score (nSPS) is 15.8. The Morgan fingerprint density at radius 2 is 1.74 bits per heavy atom. The van der Waals surface area contributed by atoms with E-state index in [-0.39, 0.29) is 29.7 Å². The molecule has 2 aromatic carbocycles. The molecule has 0 aliphatic carbocycles. The van der Waals surface area contributed by atoms with Crippen LogP contribution in [0.1, 0.15) is 53.8 Å². The van der Waals surface area contributed by atoms with Crippen molar-refractivity contribution >= 4 is 17.7 Å². The Morgan fingerprint density at radius 3 is 2.35 bits per heavy atom. The van der Waals surface area contributed by atoms with Crippen LogP contribution >= 0.6 is 0 Å². The van der Waals surface area contributed by atoms with Gasteiger partial charge in [0.1, 0.15) is 17.6 Å². The molecule has 3 rings (SSSR count). The minimum Gasteiger partial charge on any atom is -0.497 e. The predicted molar refractivity (Wildman–Crippen MR) is 127 cm³/mol. The van der Waals surface area contributed by atoms with E-state index in [0.29, 0.717) is 42.8 Å². The minimum absolute atomic E-state index is 0.0242. The van der Waals surface area contributed by atoms with Crippen LogP contribution in [0.25, 0.3) is 0 Å². The van der Waals surface area contributed by atoms with Crippen LogP contribution in [-0.4, -0.2) is 54.9 Å². The summed E-state index contributed by atoms with van der Waals surface area (Å²) >= 11 is 0. The molecule has 7 nitrogen and oxygen atoms in total. The lowest BCUT2D eigenvalue weighted by Gasteiger charge is -2.36. The number of rotatable bonds is 8. The molecule has 0 aromatic heterocycles. The summed E-state index contributed by atoms with van der Waals surface area (Å²) in [5, 5.41) is 5.89. The molecular formula is C26H32FN3O4. The van der Waals surface area contributed by atoms with Crippen molar-refractivity contribution in [2.45, 2.75) is 45.2 Å². The maximum absolute atomic E-state index is 13.2. The van der Waals surface area contributed by atoms with Gasteiger partial charge in [-0.2, -0.15) is 0 Å². The average Bonchev–Trinajstić information content (AvgIpc) is 2.87. The van der Waals surface area contributed by atoms with Gasteiger partial charge in [-0.1, -0.05) is 13.0 Å². The van der Waals surface area contributed by atoms with Gasteiger partial charge in [-0.15, -0.1) is 0 Å². The molecule has 1 saturated heterocycles. The van der Waals surface area contributed by atoms with E-state index in [4.69, 9.17) is 4.74 Å². The first-order valence-corrected chi connectivity index (χ1v) is 11.6. The number of amides is 3. The first kappa shape index (κ1) is 25.2. The summed E-state index contributed by atoms with van der Waals surface area (Å²) in [6, 6.07) is 11.5. The first-order valence-electron chi connectivity index (χ1n) is 11.6. The van der Waals surface area contributed by atoms with Crippen molar-refractivity contribution in [1.82, 2.24) is 15.5 Å². The zero-order valence-corrected chi connectivity index (χ0v) is 19.8. The van der Waals surface area contributed by atoms with E-state index in [0.717, 1.165) is 6.42 Å². The fraction of sp³-hybridized carbons (Fsp3) is 0.423. The Bertz CT molecular complexity index is 1000. The number of hydrogen-bond donors (Lipinski definition) is 2. The van der Waals surface area contributed by atoms with Gasteiger partial charge < -0.3 is 20.3 Å². The van der Waals surface area contributed by atoms with Crippen molar-refractivity contribution in [3.8, 4) is 5.75 Å². The van der Waals surface area contributed by atoms with Gasteiger partial charge in [-0.05, 0) is 74.6 Å². The maximum atomic E-state index is 13.2. The summed E-state index contributed by atoms with van der Waals surface area (Å²) in [6.07, 6.45) is 1.89. The first-order chi connectivity index (χ1) is 16.3. The second kappa shape index (κ2) is 11.6. The molecular weight excluding hydrogens is 437 g/mol. The van der Waals surface area contributed by atoms with Crippen LogP contribution in [0.2, 0.25) is 0 Å². The van der Waals surface area contributed by atoms with E-state index in [1.54, 1.807) is 29.2 Å². The van der Waals surface area contributed by atoms with E-state index in [1.807, 2.05) is 13.8 Å². The van der Waals surface area contributed by atoms with E-state index in [1.165, 1.54) is 31.4 Å². The molecule has 0 saturated carbocycles. The van der Waals surface area contributed by atoms with Gasteiger partial charge in [-0.25, -0.2) is 4.39 Å². The van der Waals surface area contributed by atoms with E-state index in [9.17, 15) is 18.8 Å². The third-order valence-corrected chi connectivity index (χ3v) is 6.29. The van der Waals surface area contributed by atoms with Gasteiger partial charge in [0.15, 0.2) is 0 Å². The molecule has 2 N–H and O–H groups in total. The molecule has 8 heteroatoms. The van der Waals surface area contributed by atoms with Crippen LogP contribution in [0, 0.1) is 11.7 Å². The fourth-order valence-corrected chi connectivity index (χ4v) is 4.03. The van der Waals surface area contributed by atoms with Crippen LogP contribution < -0.4 is 15.4 Å². The summed E-state index contributed by atoms with van der Waals surface area (Å²) in [5.74, 6) is -0.713. The summed E-state index contributed by atoms with van der Waals surface area (Å²) in [4.78, 5) is 40.5.